The summed E-state index contributed by atoms with van der Waals surface area (Å²) in [6.45, 7) is 5.92. The number of hydrogen-bond donors (Lipinski definition) is 1. The van der Waals surface area contributed by atoms with E-state index in [0.717, 1.165) is 17.0 Å². The van der Waals surface area contributed by atoms with E-state index in [0.29, 0.717) is 6.04 Å². The van der Waals surface area contributed by atoms with Gasteiger partial charge in [0.15, 0.2) is 0 Å². The van der Waals surface area contributed by atoms with E-state index in [4.69, 9.17) is 0 Å². The Balaban J connectivity index is 2.28. The van der Waals surface area contributed by atoms with Crippen LogP contribution in [0.4, 0.5) is 0 Å². The molecule has 0 bridgehead atoms. The molecule has 3 nitrogen and oxygen atoms in total. The third-order valence-corrected chi connectivity index (χ3v) is 3.97. The summed E-state index contributed by atoms with van der Waals surface area (Å²) in [6.07, 6.45) is 7.41. The minimum Gasteiger partial charge on any atom is -0.389 e. The van der Waals surface area contributed by atoms with Gasteiger partial charge in [-0.1, -0.05) is 25.7 Å². The molecule has 17 heavy (non-hydrogen) atoms. The molecular weight excluding hydrogens is 212 g/mol. The van der Waals surface area contributed by atoms with Gasteiger partial charge in [-0.15, -0.1) is 0 Å². The van der Waals surface area contributed by atoms with Crippen molar-refractivity contribution in [3.8, 4) is 0 Å². The van der Waals surface area contributed by atoms with Gasteiger partial charge < -0.3 is 5.11 Å². The first-order chi connectivity index (χ1) is 8.11. The standard InChI is InChI=1S/C14H24N2O/c1-10-14(12(3)17)11(2)16(15-10)13-8-6-4-5-7-9-13/h12-13,17H,4-9H2,1-3H3. The van der Waals surface area contributed by atoms with Gasteiger partial charge in [-0.3, -0.25) is 4.68 Å². The van der Waals surface area contributed by atoms with E-state index in [1.807, 2.05) is 13.8 Å². The lowest BCUT2D eigenvalue weighted by Crippen LogP contribution is -2.12. The van der Waals surface area contributed by atoms with Gasteiger partial charge in [0.25, 0.3) is 0 Å². The predicted molar refractivity (Wildman–Crippen MR) is 69.1 cm³/mol. The normalized spacial score (nSPS) is 20.2. The van der Waals surface area contributed by atoms with Gasteiger partial charge >= 0.3 is 0 Å². The van der Waals surface area contributed by atoms with Gasteiger partial charge in [0.2, 0.25) is 0 Å². The Labute approximate surface area is 104 Å². The van der Waals surface area contributed by atoms with Crippen molar-refractivity contribution in [1.29, 1.82) is 0 Å². The van der Waals surface area contributed by atoms with Crippen molar-refractivity contribution in [1.82, 2.24) is 9.78 Å². The van der Waals surface area contributed by atoms with Crippen molar-refractivity contribution in [2.45, 2.75) is 71.4 Å². The Kier molecular flexibility index (Phi) is 3.87. The molecule has 1 heterocycles. The van der Waals surface area contributed by atoms with Gasteiger partial charge in [-0.2, -0.15) is 5.10 Å². The van der Waals surface area contributed by atoms with Crippen LogP contribution in [0.1, 0.15) is 74.5 Å². The Hall–Kier alpha value is -0.830. The van der Waals surface area contributed by atoms with Crippen LogP contribution in [-0.4, -0.2) is 14.9 Å². The summed E-state index contributed by atoms with van der Waals surface area (Å²) in [4.78, 5) is 0. The van der Waals surface area contributed by atoms with Crippen LogP contribution in [-0.2, 0) is 0 Å². The van der Waals surface area contributed by atoms with E-state index in [1.165, 1.54) is 38.5 Å². The van der Waals surface area contributed by atoms with Crippen LogP contribution in [0, 0.1) is 13.8 Å². The maximum absolute atomic E-state index is 9.80. The first kappa shape index (κ1) is 12.6. The molecule has 0 amide bonds. The average molecular weight is 236 g/mol. The summed E-state index contributed by atoms with van der Waals surface area (Å²) in [7, 11) is 0. The quantitative estimate of drug-likeness (QED) is 0.799. The Morgan fingerprint density at radius 3 is 2.24 bits per heavy atom. The number of aromatic nitrogens is 2. The Morgan fingerprint density at radius 2 is 1.76 bits per heavy atom. The van der Waals surface area contributed by atoms with Crippen LogP contribution in [0.5, 0.6) is 0 Å². The molecule has 3 heteroatoms. The lowest BCUT2D eigenvalue weighted by atomic mass is 10.1. The molecule has 1 aromatic rings. The highest BCUT2D eigenvalue weighted by atomic mass is 16.3. The summed E-state index contributed by atoms with van der Waals surface area (Å²) < 4.78 is 2.17. The molecule has 1 atom stereocenters. The molecular formula is C14H24N2O. The molecule has 0 spiro atoms. The van der Waals surface area contributed by atoms with E-state index in [9.17, 15) is 5.11 Å². The van der Waals surface area contributed by atoms with Crippen LogP contribution in [0.25, 0.3) is 0 Å². The zero-order chi connectivity index (χ0) is 12.4. The fourth-order valence-corrected chi connectivity index (χ4v) is 3.14. The maximum Gasteiger partial charge on any atom is 0.0797 e. The maximum atomic E-state index is 9.80. The second-order valence-corrected chi connectivity index (χ2v) is 5.35. The summed E-state index contributed by atoms with van der Waals surface area (Å²) in [5, 5.41) is 14.5. The molecule has 0 aromatic carbocycles. The molecule has 1 saturated carbocycles. The van der Waals surface area contributed by atoms with Gasteiger partial charge in [0.1, 0.15) is 0 Å². The number of aliphatic hydroxyl groups is 1. The van der Waals surface area contributed by atoms with E-state index in [-0.39, 0.29) is 0 Å². The minimum absolute atomic E-state index is 0.408. The molecule has 1 aliphatic carbocycles. The lowest BCUT2D eigenvalue weighted by molar-refractivity contribution is 0.197. The molecule has 2 rings (SSSR count). The summed E-state index contributed by atoms with van der Waals surface area (Å²) in [6, 6.07) is 0.545. The number of nitrogens with zero attached hydrogens (tertiary/aromatic N) is 2. The van der Waals surface area contributed by atoms with Crippen molar-refractivity contribution in [3.63, 3.8) is 0 Å². The van der Waals surface area contributed by atoms with E-state index in [1.54, 1.807) is 0 Å². The summed E-state index contributed by atoms with van der Waals surface area (Å²) in [5.74, 6) is 0. The third kappa shape index (κ3) is 2.54. The zero-order valence-corrected chi connectivity index (χ0v) is 11.2. The topological polar surface area (TPSA) is 38.0 Å². The third-order valence-electron chi connectivity index (χ3n) is 3.97. The van der Waals surface area contributed by atoms with Gasteiger partial charge in [-0.05, 0) is 33.6 Å². The Bertz CT molecular complexity index is 374. The van der Waals surface area contributed by atoms with Gasteiger partial charge in [0.05, 0.1) is 17.8 Å². The second-order valence-electron chi connectivity index (χ2n) is 5.35. The van der Waals surface area contributed by atoms with E-state index >= 15 is 0 Å². The number of aliphatic hydroxyl groups excluding tert-OH is 1. The fraction of sp³-hybridized carbons (Fsp3) is 0.786. The highest BCUT2D eigenvalue weighted by Gasteiger charge is 2.21. The van der Waals surface area contributed by atoms with Crippen molar-refractivity contribution >= 4 is 0 Å². The van der Waals surface area contributed by atoms with Crippen molar-refractivity contribution < 1.29 is 5.11 Å². The molecule has 1 unspecified atom stereocenters. The fourth-order valence-electron chi connectivity index (χ4n) is 3.14. The van der Waals surface area contributed by atoms with Crippen LogP contribution >= 0.6 is 0 Å². The molecule has 0 saturated heterocycles. The van der Waals surface area contributed by atoms with Crippen molar-refractivity contribution in [2.24, 2.45) is 0 Å². The molecule has 1 aromatic heterocycles. The molecule has 1 fully saturated rings. The number of aryl methyl sites for hydroxylation is 1. The second kappa shape index (κ2) is 5.21. The molecule has 1 N–H and O–H groups in total. The summed E-state index contributed by atoms with van der Waals surface area (Å²) in [5.41, 5.74) is 3.17. The molecule has 1 aliphatic rings. The first-order valence-corrected chi connectivity index (χ1v) is 6.85. The molecule has 0 radical (unpaired) electrons. The monoisotopic (exact) mass is 236 g/mol. The zero-order valence-electron chi connectivity index (χ0n) is 11.2. The first-order valence-electron chi connectivity index (χ1n) is 6.85. The highest BCUT2D eigenvalue weighted by molar-refractivity contribution is 5.26. The number of hydrogen-bond acceptors (Lipinski definition) is 2. The smallest absolute Gasteiger partial charge is 0.0797 e. The molecule has 0 aliphatic heterocycles. The number of rotatable bonds is 2. The van der Waals surface area contributed by atoms with E-state index in [2.05, 4.69) is 16.7 Å². The van der Waals surface area contributed by atoms with Crippen LogP contribution in [0.2, 0.25) is 0 Å². The Morgan fingerprint density at radius 1 is 1.18 bits per heavy atom. The van der Waals surface area contributed by atoms with Crippen molar-refractivity contribution in [2.75, 3.05) is 0 Å². The van der Waals surface area contributed by atoms with E-state index < -0.39 is 6.10 Å². The average Bonchev–Trinajstić information content (AvgIpc) is 2.48. The SMILES string of the molecule is Cc1nn(C2CCCCCC2)c(C)c1C(C)O. The minimum atomic E-state index is -0.408. The summed E-state index contributed by atoms with van der Waals surface area (Å²) >= 11 is 0. The lowest BCUT2D eigenvalue weighted by Gasteiger charge is -2.17. The van der Waals surface area contributed by atoms with Gasteiger partial charge in [0, 0.05) is 11.3 Å². The predicted octanol–water partition coefficient (Wildman–Crippen LogP) is 3.45. The van der Waals surface area contributed by atoms with Crippen LogP contribution < -0.4 is 0 Å². The largest absolute Gasteiger partial charge is 0.389 e. The van der Waals surface area contributed by atoms with Crippen LogP contribution in [0.3, 0.4) is 0 Å². The van der Waals surface area contributed by atoms with Crippen LogP contribution in [0.15, 0.2) is 0 Å². The van der Waals surface area contributed by atoms with Crippen molar-refractivity contribution in [3.05, 3.63) is 17.0 Å². The molecule has 96 valence electrons. The highest BCUT2D eigenvalue weighted by Crippen LogP contribution is 2.30. The van der Waals surface area contributed by atoms with Gasteiger partial charge in [-0.25, -0.2) is 0 Å².